The normalized spacial score (nSPS) is 21.8. The van der Waals surface area contributed by atoms with Crippen molar-refractivity contribution in [1.82, 2.24) is 14.9 Å². The van der Waals surface area contributed by atoms with Gasteiger partial charge in [0.25, 0.3) is 0 Å². The number of aryl methyl sites for hydroxylation is 2. The zero-order valence-corrected chi connectivity index (χ0v) is 13.0. The molecule has 2 aromatic rings. The highest BCUT2D eigenvalue weighted by Gasteiger charge is 2.28. The summed E-state index contributed by atoms with van der Waals surface area (Å²) >= 11 is 0. The summed E-state index contributed by atoms with van der Waals surface area (Å²) in [4.78, 5) is 4.57. The Labute approximate surface area is 127 Å². The molecule has 2 atom stereocenters. The maximum Gasteiger partial charge on any atom is 0.108 e. The predicted octanol–water partition coefficient (Wildman–Crippen LogP) is 3.67. The highest BCUT2D eigenvalue weighted by Crippen LogP contribution is 2.36. The Hall–Kier alpha value is -1.61. The Morgan fingerprint density at radius 2 is 2.19 bits per heavy atom. The number of nitrogens with zero attached hydrogens (tertiary/aromatic N) is 2. The number of fused-ring (bicyclic) bond motifs is 1. The lowest BCUT2D eigenvalue weighted by Gasteiger charge is -2.29. The number of rotatable bonds is 4. The van der Waals surface area contributed by atoms with Gasteiger partial charge in [0.2, 0.25) is 0 Å². The second-order valence-corrected chi connectivity index (χ2v) is 5.93. The van der Waals surface area contributed by atoms with Gasteiger partial charge in [-0.15, -0.1) is 0 Å². The van der Waals surface area contributed by atoms with Crippen LogP contribution in [0.2, 0.25) is 0 Å². The number of imidazole rings is 1. The SMILES string of the molecule is CCCc1nccn1C1CCCc2ccccc2C1NC. The van der Waals surface area contributed by atoms with E-state index >= 15 is 0 Å². The molecule has 1 aliphatic rings. The predicted molar refractivity (Wildman–Crippen MR) is 86.4 cm³/mol. The molecule has 0 bridgehead atoms. The molecule has 1 aromatic carbocycles. The summed E-state index contributed by atoms with van der Waals surface area (Å²) in [5, 5.41) is 3.56. The molecule has 3 heteroatoms. The van der Waals surface area contributed by atoms with Crippen molar-refractivity contribution in [2.45, 2.75) is 51.1 Å². The van der Waals surface area contributed by atoms with Gasteiger partial charge in [0.05, 0.1) is 12.1 Å². The van der Waals surface area contributed by atoms with Gasteiger partial charge in [0, 0.05) is 18.8 Å². The average molecular weight is 283 g/mol. The number of aromatic nitrogens is 2. The van der Waals surface area contributed by atoms with Crippen molar-refractivity contribution >= 4 is 0 Å². The Morgan fingerprint density at radius 1 is 1.33 bits per heavy atom. The van der Waals surface area contributed by atoms with E-state index < -0.39 is 0 Å². The van der Waals surface area contributed by atoms with Gasteiger partial charge in [-0.3, -0.25) is 0 Å². The fraction of sp³-hybridized carbons (Fsp3) is 0.500. The van der Waals surface area contributed by atoms with Gasteiger partial charge in [0.1, 0.15) is 5.82 Å². The molecule has 2 unspecified atom stereocenters. The summed E-state index contributed by atoms with van der Waals surface area (Å²) < 4.78 is 2.41. The molecule has 1 heterocycles. The molecule has 0 saturated heterocycles. The largest absolute Gasteiger partial charge is 0.330 e. The topological polar surface area (TPSA) is 29.9 Å². The fourth-order valence-corrected chi connectivity index (χ4v) is 3.65. The van der Waals surface area contributed by atoms with Gasteiger partial charge in [-0.05, 0) is 43.9 Å². The van der Waals surface area contributed by atoms with E-state index in [0.29, 0.717) is 12.1 Å². The van der Waals surface area contributed by atoms with Crippen molar-refractivity contribution in [2.24, 2.45) is 0 Å². The summed E-state index contributed by atoms with van der Waals surface area (Å²) in [5.74, 6) is 1.22. The minimum atomic E-state index is 0.369. The maximum absolute atomic E-state index is 4.57. The molecule has 0 aliphatic heterocycles. The molecule has 1 aliphatic carbocycles. The summed E-state index contributed by atoms with van der Waals surface area (Å²) in [6.07, 6.45) is 9.94. The first-order valence-electron chi connectivity index (χ1n) is 8.12. The number of likely N-dealkylation sites (N-methyl/N-ethyl adjacent to an activating group) is 1. The van der Waals surface area contributed by atoms with E-state index in [0.717, 1.165) is 12.8 Å². The van der Waals surface area contributed by atoms with Crippen LogP contribution in [0.25, 0.3) is 0 Å². The quantitative estimate of drug-likeness (QED) is 0.868. The van der Waals surface area contributed by atoms with Gasteiger partial charge < -0.3 is 9.88 Å². The highest BCUT2D eigenvalue weighted by atomic mass is 15.1. The lowest BCUT2D eigenvalue weighted by Crippen LogP contribution is -2.28. The van der Waals surface area contributed by atoms with E-state index in [2.05, 4.69) is 59.3 Å². The third kappa shape index (κ3) is 2.75. The molecule has 3 rings (SSSR count). The van der Waals surface area contributed by atoms with E-state index in [1.807, 2.05) is 6.20 Å². The van der Waals surface area contributed by atoms with Crippen molar-refractivity contribution in [1.29, 1.82) is 0 Å². The third-order valence-corrected chi connectivity index (χ3v) is 4.61. The second kappa shape index (κ2) is 6.44. The van der Waals surface area contributed by atoms with E-state index in [4.69, 9.17) is 0 Å². The average Bonchev–Trinajstić information content (AvgIpc) is 2.88. The van der Waals surface area contributed by atoms with E-state index in [1.165, 1.54) is 36.2 Å². The lowest BCUT2D eigenvalue weighted by atomic mass is 9.96. The first kappa shape index (κ1) is 14.3. The lowest BCUT2D eigenvalue weighted by molar-refractivity contribution is 0.346. The fourth-order valence-electron chi connectivity index (χ4n) is 3.65. The van der Waals surface area contributed by atoms with Crippen molar-refractivity contribution in [3.05, 3.63) is 53.6 Å². The van der Waals surface area contributed by atoms with Gasteiger partial charge in [0.15, 0.2) is 0 Å². The number of benzene rings is 1. The molecule has 0 fully saturated rings. The van der Waals surface area contributed by atoms with Crippen LogP contribution in [0, 0.1) is 0 Å². The molecular formula is C18H25N3. The van der Waals surface area contributed by atoms with Crippen LogP contribution in [0.3, 0.4) is 0 Å². The summed E-state index contributed by atoms with van der Waals surface area (Å²) in [6.45, 7) is 2.22. The third-order valence-electron chi connectivity index (χ3n) is 4.61. The van der Waals surface area contributed by atoms with Crippen molar-refractivity contribution in [2.75, 3.05) is 7.05 Å². The smallest absolute Gasteiger partial charge is 0.108 e. The van der Waals surface area contributed by atoms with Gasteiger partial charge in [-0.25, -0.2) is 4.98 Å². The molecule has 0 saturated carbocycles. The minimum Gasteiger partial charge on any atom is -0.330 e. The Balaban J connectivity index is 2.00. The summed E-state index contributed by atoms with van der Waals surface area (Å²) in [7, 11) is 2.08. The van der Waals surface area contributed by atoms with Crippen molar-refractivity contribution in [3.63, 3.8) is 0 Å². The van der Waals surface area contributed by atoms with Crippen LogP contribution in [-0.2, 0) is 12.8 Å². The zero-order valence-electron chi connectivity index (χ0n) is 13.0. The van der Waals surface area contributed by atoms with Crippen LogP contribution in [0.4, 0.5) is 0 Å². The van der Waals surface area contributed by atoms with Crippen LogP contribution in [0.1, 0.15) is 55.2 Å². The number of nitrogens with one attached hydrogen (secondary N) is 1. The number of hydrogen-bond donors (Lipinski definition) is 1. The molecule has 0 amide bonds. The number of hydrogen-bond acceptors (Lipinski definition) is 2. The highest BCUT2D eigenvalue weighted by molar-refractivity contribution is 5.32. The zero-order chi connectivity index (χ0) is 14.7. The van der Waals surface area contributed by atoms with Crippen LogP contribution < -0.4 is 5.32 Å². The monoisotopic (exact) mass is 283 g/mol. The van der Waals surface area contributed by atoms with Crippen LogP contribution in [-0.4, -0.2) is 16.6 Å². The standard InChI is InChI=1S/C18H25N3/c1-3-7-17-20-12-13-21(17)16-11-6-9-14-8-4-5-10-15(14)18(16)19-2/h4-5,8,10,12-13,16,18-19H,3,6-7,9,11H2,1-2H3. The van der Waals surface area contributed by atoms with Gasteiger partial charge >= 0.3 is 0 Å². The minimum absolute atomic E-state index is 0.369. The Morgan fingerprint density at radius 3 is 3.00 bits per heavy atom. The van der Waals surface area contributed by atoms with Crippen LogP contribution >= 0.6 is 0 Å². The molecule has 112 valence electrons. The van der Waals surface area contributed by atoms with Crippen molar-refractivity contribution in [3.8, 4) is 0 Å². The molecular weight excluding hydrogens is 258 g/mol. The van der Waals surface area contributed by atoms with E-state index in [-0.39, 0.29) is 0 Å². The Kier molecular flexibility index (Phi) is 4.39. The molecule has 3 nitrogen and oxygen atoms in total. The first-order valence-corrected chi connectivity index (χ1v) is 8.12. The summed E-state index contributed by atoms with van der Waals surface area (Å²) in [5.41, 5.74) is 2.95. The van der Waals surface area contributed by atoms with Crippen LogP contribution in [0.15, 0.2) is 36.7 Å². The second-order valence-electron chi connectivity index (χ2n) is 5.93. The molecule has 0 radical (unpaired) electrons. The van der Waals surface area contributed by atoms with Gasteiger partial charge in [-0.1, -0.05) is 31.2 Å². The van der Waals surface area contributed by atoms with Crippen LogP contribution in [0.5, 0.6) is 0 Å². The molecule has 1 aromatic heterocycles. The molecule has 1 N–H and O–H groups in total. The Bertz CT molecular complexity index is 588. The first-order chi connectivity index (χ1) is 10.3. The molecule has 21 heavy (non-hydrogen) atoms. The maximum atomic E-state index is 4.57. The van der Waals surface area contributed by atoms with E-state index in [1.54, 1.807) is 0 Å². The summed E-state index contributed by atoms with van der Waals surface area (Å²) in [6, 6.07) is 9.71. The van der Waals surface area contributed by atoms with E-state index in [9.17, 15) is 0 Å². The van der Waals surface area contributed by atoms with Gasteiger partial charge in [-0.2, -0.15) is 0 Å². The van der Waals surface area contributed by atoms with Crippen molar-refractivity contribution < 1.29 is 0 Å². The molecule has 0 spiro atoms.